The first kappa shape index (κ1) is 14.8. The van der Waals surface area contributed by atoms with Crippen molar-refractivity contribution in [1.82, 2.24) is 0 Å². The van der Waals surface area contributed by atoms with E-state index >= 15 is 0 Å². The molecule has 0 aliphatic heterocycles. The van der Waals surface area contributed by atoms with Crippen LogP contribution in [0.2, 0.25) is 0 Å². The van der Waals surface area contributed by atoms with Crippen LogP contribution in [0, 0.1) is 0 Å². The Labute approximate surface area is 79.3 Å². The highest BCUT2D eigenvalue weighted by Crippen LogP contribution is 2.75. The standard InChI is InChI=1S/C2H6.Cl2H4N2O2P2S/c1-2;1-7(3,5)9-8(2,4)6/h1-2H3;(H2,3,5)(H2,4,6). The molecule has 0 radical (unpaired) electrons. The Hall–Kier alpha value is 1.31. The monoisotopic (exact) mass is 258 g/mol. The predicted molar refractivity (Wildman–Crippen MR) is 54.2 cm³/mol. The van der Waals surface area contributed by atoms with Gasteiger partial charge in [-0.05, 0) is 22.5 Å². The molecule has 4 nitrogen and oxygen atoms in total. The fourth-order valence-electron chi connectivity index (χ4n) is 0.152. The van der Waals surface area contributed by atoms with Crippen LogP contribution in [0.5, 0.6) is 0 Å². The van der Waals surface area contributed by atoms with Gasteiger partial charge in [-0.25, -0.2) is 0 Å². The van der Waals surface area contributed by atoms with Gasteiger partial charge in [-0.3, -0.25) is 20.1 Å². The van der Waals surface area contributed by atoms with Gasteiger partial charge in [0.25, 0.3) is 11.7 Å². The zero-order chi connectivity index (χ0) is 9.71. The lowest BCUT2D eigenvalue weighted by Crippen LogP contribution is -1.84. The molecule has 2 unspecified atom stereocenters. The molecule has 0 heterocycles. The van der Waals surface area contributed by atoms with Crippen LogP contribution < -0.4 is 11.0 Å². The highest BCUT2D eigenvalue weighted by atomic mass is 35.7. The second-order valence-electron chi connectivity index (χ2n) is 1.12. The van der Waals surface area contributed by atoms with Crippen molar-refractivity contribution in [2.24, 2.45) is 11.0 Å². The van der Waals surface area contributed by atoms with E-state index in [4.69, 9.17) is 33.5 Å². The van der Waals surface area contributed by atoms with Crippen LogP contribution in [0.15, 0.2) is 0 Å². The third-order valence-electron chi connectivity index (χ3n) is 0.223. The molecule has 0 fully saturated rings. The molecule has 0 aliphatic rings. The van der Waals surface area contributed by atoms with E-state index in [1.807, 2.05) is 13.8 Å². The lowest BCUT2D eigenvalue weighted by molar-refractivity contribution is 0.593. The maximum absolute atomic E-state index is 10.4. The van der Waals surface area contributed by atoms with E-state index in [0.29, 0.717) is 0 Å². The lowest BCUT2D eigenvalue weighted by atomic mass is 11.0. The van der Waals surface area contributed by atoms with Crippen LogP contribution in [0.1, 0.15) is 13.8 Å². The third-order valence-corrected chi connectivity index (χ3v) is 9.35. The van der Waals surface area contributed by atoms with Crippen molar-refractivity contribution in [3.63, 3.8) is 0 Å². The molecule has 0 saturated heterocycles. The molecular weight excluding hydrogens is 249 g/mol. The average Bonchev–Trinajstić information content (AvgIpc) is 1.60. The summed E-state index contributed by atoms with van der Waals surface area (Å²) in [6, 6.07) is 0. The molecule has 0 saturated carbocycles. The van der Waals surface area contributed by atoms with Crippen LogP contribution in [-0.2, 0) is 9.13 Å². The van der Waals surface area contributed by atoms with Crippen molar-refractivity contribution in [3.05, 3.63) is 0 Å². The number of hydrogen-bond donors (Lipinski definition) is 2. The minimum Gasteiger partial charge on any atom is -0.277 e. The first-order valence-electron chi connectivity index (χ1n) is 2.58. The maximum atomic E-state index is 10.4. The maximum Gasteiger partial charge on any atom is 0.293 e. The molecule has 2 atom stereocenters. The predicted octanol–water partition coefficient (Wildman–Crippen LogP) is 3.36. The van der Waals surface area contributed by atoms with Crippen molar-refractivity contribution in [1.29, 1.82) is 0 Å². The Morgan fingerprint density at radius 3 is 1.27 bits per heavy atom. The summed E-state index contributed by atoms with van der Waals surface area (Å²) in [6.45, 7) is 4.00. The minimum absolute atomic E-state index is 0.211. The summed E-state index contributed by atoms with van der Waals surface area (Å²) < 4.78 is 20.8. The summed E-state index contributed by atoms with van der Waals surface area (Å²) in [5, 5.41) is 0. The molecule has 9 heteroatoms. The van der Waals surface area contributed by atoms with E-state index in [-0.39, 0.29) is 11.0 Å². The number of rotatable bonds is 2. The Kier molecular flexibility index (Phi) is 7.91. The van der Waals surface area contributed by atoms with E-state index in [0.717, 1.165) is 0 Å². The SMILES string of the molecule is CC.NP(=O)(Cl)SP(N)(=O)Cl. The van der Waals surface area contributed by atoms with Gasteiger partial charge in [-0.15, -0.1) is 0 Å². The Balaban J connectivity index is 0. The molecule has 0 aromatic heterocycles. The summed E-state index contributed by atoms with van der Waals surface area (Å²) in [6.07, 6.45) is 0. The second-order valence-corrected chi connectivity index (χ2v) is 12.8. The van der Waals surface area contributed by atoms with Gasteiger partial charge in [0.2, 0.25) is 0 Å². The summed E-state index contributed by atoms with van der Waals surface area (Å²) in [4.78, 5) is 0. The van der Waals surface area contributed by atoms with Crippen molar-refractivity contribution in [3.8, 4) is 0 Å². The number of nitrogens with two attached hydrogens (primary N) is 2. The molecular formula is C2H10Cl2N2O2P2S. The van der Waals surface area contributed by atoms with E-state index in [9.17, 15) is 9.13 Å². The molecule has 0 aromatic rings. The average molecular weight is 259 g/mol. The van der Waals surface area contributed by atoms with Crippen molar-refractivity contribution >= 4 is 45.2 Å². The minimum atomic E-state index is -3.42. The van der Waals surface area contributed by atoms with Gasteiger partial charge in [0.05, 0.1) is 0 Å². The summed E-state index contributed by atoms with van der Waals surface area (Å²) in [5.41, 5.74) is 9.54. The van der Waals surface area contributed by atoms with Crippen molar-refractivity contribution < 1.29 is 9.13 Å². The lowest BCUT2D eigenvalue weighted by Gasteiger charge is -2.03. The second kappa shape index (κ2) is 5.87. The molecule has 4 N–H and O–H groups in total. The van der Waals surface area contributed by atoms with Gasteiger partial charge in [0, 0.05) is 11.0 Å². The van der Waals surface area contributed by atoms with Gasteiger partial charge >= 0.3 is 0 Å². The molecule has 0 aromatic carbocycles. The van der Waals surface area contributed by atoms with Gasteiger partial charge < -0.3 is 0 Å². The summed E-state index contributed by atoms with van der Waals surface area (Å²) in [7, 11) is 0. The Morgan fingerprint density at radius 2 is 1.27 bits per heavy atom. The quantitative estimate of drug-likeness (QED) is 0.742. The van der Waals surface area contributed by atoms with Crippen molar-refractivity contribution in [2.75, 3.05) is 0 Å². The molecule has 0 amide bonds. The van der Waals surface area contributed by atoms with Crippen LogP contribution in [0.25, 0.3) is 0 Å². The van der Waals surface area contributed by atoms with E-state index in [1.54, 1.807) is 0 Å². The summed E-state index contributed by atoms with van der Waals surface area (Å²) in [5.74, 6) is -6.84. The highest BCUT2D eigenvalue weighted by Gasteiger charge is 2.24. The fourth-order valence-corrected chi connectivity index (χ4v) is 9.90. The topological polar surface area (TPSA) is 86.2 Å². The largest absolute Gasteiger partial charge is 0.293 e. The van der Waals surface area contributed by atoms with E-state index in [2.05, 4.69) is 0 Å². The smallest absolute Gasteiger partial charge is 0.277 e. The Bertz CT molecular complexity index is 169. The highest BCUT2D eigenvalue weighted by molar-refractivity contribution is 8.94. The summed E-state index contributed by atoms with van der Waals surface area (Å²) >= 11 is 10.2. The molecule has 0 aliphatic carbocycles. The van der Waals surface area contributed by atoms with Crippen molar-refractivity contribution in [2.45, 2.75) is 13.8 Å². The molecule has 70 valence electrons. The van der Waals surface area contributed by atoms with Gasteiger partial charge in [-0.1, -0.05) is 13.8 Å². The zero-order valence-electron chi connectivity index (χ0n) is 6.03. The van der Waals surface area contributed by atoms with Crippen LogP contribution in [0.4, 0.5) is 0 Å². The molecule has 11 heavy (non-hydrogen) atoms. The van der Waals surface area contributed by atoms with E-state index in [1.165, 1.54) is 0 Å². The first-order valence-corrected chi connectivity index (χ1v) is 9.97. The van der Waals surface area contributed by atoms with E-state index < -0.39 is 11.7 Å². The Morgan fingerprint density at radius 1 is 1.09 bits per heavy atom. The number of hydrogen-bond acceptors (Lipinski definition) is 3. The van der Waals surface area contributed by atoms with Gasteiger partial charge in [0.1, 0.15) is 0 Å². The molecule has 0 spiro atoms. The third kappa shape index (κ3) is 18.3. The van der Waals surface area contributed by atoms with Gasteiger partial charge in [0.15, 0.2) is 0 Å². The van der Waals surface area contributed by atoms with Crippen LogP contribution in [-0.4, -0.2) is 0 Å². The van der Waals surface area contributed by atoms with Crippen LogP contribution in [0.3, 0.4) is 0 Å². The fraction of sp³-hybridized carbons (Fsp3) is 1.00. The van der Waals surface area contributed by atoms with Gasteiger partial charge in [-0.2, -0.15) is 0 Å². The molecule has 0 bridgehead atoms. The number of halogens is 2. The normalized spacial score (nSPS) is 20.5. The van der Waals surface area contributed by atoms with Crippen LogP contribution >= 0.6 is 45.2 Å². The first-order chi connectivity index (χ1) is 4.71. The zero-order valence-corrected chi connectivity index (χ0v) is 10.1. The molecule has 0 rings (SSSR count).